The Balaban J connectivity index is 5.42. The Morgan fingerprint density at radius 1 is 0.759 bits per heavy atom. The lowest BCUT2D eigenvalue weighted by Gasteiger charge is -2.25. The number of hydrogen-bond acceptors (Lipinski definition) is 7. The molecule has 174 valence electrons. The highest BCUT2D eigenvalue weighted by Crippen LogP contribution is 2.28. The Labute approximate surface area is 174 Å². The molecule has 0 aliphatic carbocycles. The van der Waals surface area contributed by atoms with Gasteiger partial charge in [0, 0.05) is 0 Å². The van der Waals surface area contributed by atoms with Crippen molar-refractivity contribution in [2.75, 3.05) is 0 Å². The lowest BCUT2D eigenvalue weighted by atomic mass is 9.94. The van der Waals surface area contributed by atoms with Crippen LogP contribution in [0, 0.1) is 5.92 Å². The topological polar surface area (TPSA) is 155 Å². The van der Waals surface area contributed by atoms with Crippen LogP contribution in [0.4, 0.5) is 0 Å². The number of carbonyl (C=O) groups excluding carboxylic acids is 1. The molecule has 0 saturated carbocycles. The summed E-state index contributed by atoms with van der Waals surface area (Å²) in [7, 11) is -9.70. The van der Waals surface area contributed by atoms with Crippen LogP contribution in [0.15, 0.2) is 0 Å². The van der Waals surface area contributed by atoms with Crippen molar-refractivity contribution in [1.29, 1.82) is 0 Å². The van der Waals surface area contributed by atoms with E-state index >= 15 is 0 Å². The third-order valence-corrected chi connectivity index (χ3v) is 7.91. The maximum absolute atomic E-state index is 11.9. The summed E-state index contributed by atoms with van der Waals surface area (Å²) in [6, 6.07) is 0. The lowest BCUT2D eigenvalue weighted by molar-refractivity contribution is -0.239. The highest BCUT2D eigenvalue weighted by molar-refractivity contribution is 7.90. The largest absolute Gasteiger partial charge is 0.345 e. The molecule has 0 rings (SSSR count). The molecule has 0 aliphatic rings. The number of rotatable bonds is 17. The maximum Gasteiger partial charge on any atom is 0.345 e. The molecule has 9 nitrogen and oxygen atoms in total. The second-order valence-corrected chi connectivity index (χ2v) is 10.8. The second-order valence-electron chi connectivity index (χ2n) is 7.50. The van der Waals surface area contributed by atoms with Crippen LogP contribution in [-0.4, -0.2) is 47.7 Å². The van der Waals surface area contributed by atoms with Gasteiger partial charge in [0.15, 0.2) is 0 Å². The van der Waals surface area contributed by atoms with E-state index in [1.54, 1.807) is 0 Å². The average molecular weight is 461 g/mol. The Morgan fingerprint density at radius 2 is 1.21 bits per heavy atom. The van der Waals surface area contributed by atoms with Crippen molar-refractivity contribution in [1.82, 2.24) is 0 Å². The highest BCUT2D eigenvalue weighted by atomic mass is 32.2. The molecule has 3 unspecified atom stereocenters. The standard InChI is InChI=1S/C18H36O9S2/c1-3-5-7-8-9-11-13-16(28(21,22)23)17(29(24,25)26)14-15(18(19)27-20)12-10-6-4-2/h15-17,20H,3-14H2,1-2H3,(H,21,22,23)(H,24,25,26). The van der Waals surface area contributed by atoms with Crippen LogP contribution in [-0.2, 0) is 29.9 Å². The molecule has 0 heterocycles. The van der Waals surface area contributed by atoms with E-state index in [0.29, 0.717) is 19.3 Å². The maximum atomic E-state index is 11.9. The molecule has 0 aromatic carbocycles. The van der Waals surface area contributed by atoms with E-state index in [1.165, 1.54) is 0 Å². The predicted octanol–water partition coefficient (Wildman–Crippen LogP) is 3.85. The van der Waals surface area contributed by atoms with Crippen LogP contribution in [0.25, 0.3) is 0 Å². The Bertz CT molecular complexity index is 659. The summed E-state index contributed by atoms with van der Waals surface area (Å²) in [5.41, 5.74) is 0. The van der Waals surface area contributed by atoms with Gasteiger partial charge in [-0.2, -0.15) is 22.1 Å². The first-order valence-corrected chi connectivity index (χ1v) is 13.3. The molecule has 0 aromatic rings. The summed E-state index contributed by atoms with van der Waals surface area (Å²) in [5.74, 6) is -2.21. The van der Waals surface area contributed by atoms with Gasteiger partial charge in [-0.3, -0.25) is 9.11 Å². The van der Waals surface area contributed by atoms with Crippen LogP contribution in [0.1, 0.15) is 90.9 Å². The molecule has 29 heavy (non-hydrogen) atoms. The normalized spacial score (nSPS) is 15.6. The van der Waals surface area contributed by atoms with Crippen molar-refractivity contribution in [3.05, 3.63) is 0 Å². The first-order chi connectivity index (χ1) is 13.5. The van der Waals surface area contributed by atoms with Crippen molar-refractivity contribution >= 4 is 26.2 Å². The molecular weight excluding hydrogens is 424 g/mol. The summed E-state index contributed by atoms with van der Waals surface area (Å²) < 4.78 is 66.9. The minimum Gasteiger partial charge on any atom is -0.301 e. The van der Waals surface area contributed by atoms with E-state index in [0.717, 1.165) is 38.5 Å². The third kappa shape index (κ3) is 11.9. The van der Waals surface area contributed by atoms with Gasteiger partial charge >= 0.3 is 5.97 Å². The van der Waals surface area contributed by atoms with Gasteiger partial charge in [-0.15, -0.1) is 0 Å². The first-order valence-electron chi connectivity index (χ1n) is 10.3. The van der Waals surface area contributed by atoms with E-state index in [9.17, 15) is 30.7 Å². The minimum atomic E-state index is -4.89. The molecule has 0 bridgehead atoms. The zero-order valence-corrected chi connectivity index (χ0v) is 19.0. The molecule has 0 fully saturated rings. The van der Waals surface area contributed by atoms with Crippen LogP contribution in [0.5, 0.6) is 0 Å². The van der Waals surface area contributed by atoms with Gasteiger partial charge in [-0.25, -0.2) is 4.79 Å². The molecule has 11 heteroatoms. The molecule has 0 aliphatic heterocycles. The highest BCUT2D eigenvalue weighted by Gasteiger charge is 2.42. The second kappa shape index (κ2) is 14.3. The van der Waals surface area contributed by atoms with Crippen molar-refractivity contribution in [2.45, 2.75) is 101 Å². The van der Waals surface area contributed by atoms with Crippen LogP contribution >= 0.6 is 0 Å². The van der Waals surface area contributed by atoms with Gasteiger partial charge in [0.05, 0.1) is 5.92 Å². The first kappa shape index (κ1) is 28.2. The molecule has 0 amide bonds. The van der Waals surface area contributed by atoms with E-state index in [-0.39, 0.29) is 12.8 Å². The molecule has 0 spiro atoms. The predicted molar refractivity (Wildman–Crippen MR) is 110 cm³/mol. The van der Waals surface area contributed by atoms with E-state index in [1.807, 2.05) is 6.92 Å². The van der Waals surface area contributed by atoms with E-state index in [4.69, 9.17) is 5.26 Å². The monoisotopic (exact) mass is 460 g/mol. The van der Waals surface area contributed by atoms with Gasteiger partial charge in [-0.05, 0) is 19.3 Å². The summed E-state index contributed by atoms with van der Waals surface area (Å²) in [4.78, 5) is 15.6. The average Bonchev–Trinajstić information content (AvgIpc) is 2.62. The fourth-order valence-corrected chi connectivity index (χ4v) is 6.24. The summed E-state index contributed by atoms with van der Waals surface area (Å²) in [5, 5.41) is 5.04. The van der Waals surface area contributed by atoms with Gasteiger partial charge in [0.2, 0.25) is 0 Å². The molecular formula is C18H36O9S2. The van der Waals surface area contributed by atoms with Crippen LogP contribution in [0.3, 0.4) is 0 Å². The lowest BCUT2D eigenvalue weighted by Crippen LogP contribution is -2.42. The number of unbranched alkanes of at least 4 members (excludes halogenated alkanes) is 7. The quantitative estimate of drug-likeness (QED) is 0.127. The molecule has 3 N–H and O–H groups in total. The van der Waals surface area contributed by atoms with Crippen molar-refractivity contribution in [2.24, 2.45) is 5.92 Å². The van der Waals surface area contributed by atoms with Gasteiger partial charge in [0.1, 0.15) is 10.5 Å². The Hall–Kier alpha value is -0.750. The van der Waals surface area contributed by atoms with Gasteiger partial charge in [0.25, 0.3) is 20.2 Å². The Kier molecular flexibility index (Phi) is 13.9. The molecule has 0 saturated heterocycles. The van der Waals surface area contributed by atoms with Gasteiger partial charge in [-0.1, -0.05) is 71.6 Å². The minimum absolute atomic E-state index is 0.161. The Morgan fingerprint density at radius 3 is 1.69 bits per heavy atom. The smallest absolute Gasteiger partial charge is 0.301 e. The van der Waals surface area contributed by atoms with Crippen molar-refractivity contribution in [3.8, 4) is 0 Å². The van der Waals surface area contributed by atoms with E-state index in [2.05, 4.69) is 11.8 Å². The zero-order valence-electron chi connectivity index (χ0n) is 17.3. The number of carbonyl (C=O) groups is 1. The van der Waals surface area contributed by atoms with Gasteiger partial charge < -0.3 is 4.89 Å². The molecule has 0 radical (unpaired) electrons. The molecule has 3 atom stereocenters. The fraction of sp³-hybridized carbons (Fsp3) is 0.944. The summed E-state index contributed by atoms with van der Waals surface area (Å²) in [6.07, 6.45) is 6.44. The number of hydrogen-bond donors (Lipinski definition) is 3. The fourth-order valence-electron chi connectivity index (χ4n) is 3.45. The SMILES string of the molecule is CCCCCCCCC(C(CC(CCCCC)C(=O)OO)S(=O)(=O)O)S(=O)(=O)O. The molecule has 0 aromatic heterocycles. The van der Waals surface area contributed by atoms with Crippen LogP contribution in [0.2, 0.25) is 0 Å². The summed E-state index contributed by atoms with van der Waals surface area (Å²) in [6.45, 7) is 3.98. The van der Waals surface area contributed by atoms with E-state index < -0.39 is 49.0 Å². The third-order valence-electron chi connectivity index (χ3n) is 5.12. The zero-order chi connectivity index (χ0) is 22.5. The summed E-state index contributed by atoms with van der Waals surface area (Å²) >= 11 is 0. The van der Waals surface area contributed by atoms with Crippen LogP contribution < -0.4 is 0 Å². The van der Waals surface area contributed by atoms with Crippen molar-refractivity contribution in [3.63, 3.8) is 0 Å². The van der Waals surface area contributed by atoms with Crippen molar-refractivity contribution < 1.29 is 40.9 Å².